The molecular formula is C26H22N8O3. The van der Waals surface area contributed by atoms with Crippen LogP contribution >= 0.6 is 0 Å². The van der Waals surface area contributed by atoms with Gasteiger partial charge in [0.25, 0.3) is 5.91 Å². The molecule has 0 saturated carbocycles. The zero-order valence-electron chi connectivity index (χ0n) is 20.0. The third kappa shape index (κ3) is 4.78. The van der Waals surface area contributed by atoms with E-state index in [-0.39, 0.29) is 17.3 Å². The fourth-order valence-corrected chi connectivity index (χ4v) is 3.74. The lowest BCUT2D eigenvalue weighted by Gasteiger charge is -2.08. The Bertz CT molecular complexity index is 1570. The number of ether oxygens (including phenoxy) is 1. The molecule has 11 nitrogen and oxygen atoms in total. The molecule has 3 N–H and O–H groups in total. The number of hydrazone groups is 1. The summed E-state index contributed by atoms with van der Waals surface area (Å²) in [6.07, 6.45) is 0. The number of nitrogens with one attached hydrogen (secondary N) is 1. The highest BCUT2D eigenvalue weighted by molar-refractivity contribution is 6.02. The van der Waals surface area contributed by atoms with Crippen molar-refractivity contribution >= 4 is 17.4 Å². The van der Waals surface area contributed by atoms with E-state index in [4.69, 9.17) is 15.1 Å². The normalized spacial score (nSPS) is 11.4. The fraction of sp³-hybridized carbons (Fsp3) is 0.0769. The maximum absolute atomic E-state index is 13.2. The number of benzene rings is 3. The zero-order valence-corrected chi connectivity index (χ0v) is 20.0. The molecule has 0 radical (unpaired) electrons. The second kappa shape index (κ2) is 10.1. The Hall–Kier alpha value is -5.32. The minimum absolute atomic E-state index is 0.00572. The first kappa shape index (κ1) is 23.4. The molecule has 2 aromatic heterocycles. The van der Waals surface area contributed by atoms with Gasteiger partial charge in [-0.3, -0.25) is 4.79 Å². The molecule has 2 heterocycles. The number of hydrogen-bond acceptors (Lipinski definition) is 9. The van der Waals surface area contributed by atoms with E-state index < -0.39 is 5.91 Å². The Kier molecular flexibility index (Phi) is 6.41. The topological polar surface area (TPSA) is 146 Å². The highest BCUT2D eigenvalue weighted by Gasteiger charge is 2.25. The Morgan fingerprint density at radius 3 is 2.41 bits per heavy atom. The average molecular weight is 495 g/mol. The van der Waals surface area contributed by atoms with Crippen LogP contribution in [0.5, 0.6) is 5.75 Å². The first-order valence-electron chi connectivity index (χ1n) is 11.2. The van der Waals surface area contributed by atoms with Gasteiger partial charge in [-0.1, -0.05) is 71.9 Å². The van der Waals surface area contributed by atoms with E-state index in [1.165, 1.54) is 4.68 Å². The Morgan fingerprint density at radius 2 is 1.70 bits per heavy atom. The van der Waals surface area contributed by atoms with Gasteiger partial charge in [0.1, 0.15) is 11.4 Å². The molecule has 0 aliphatic rings. The smallest absolute Gasteiger partial charge is 0.294 e. The summed E-state index contributed by atoms with van der Waals surface area (Å²) in [5.74, 6) is 0.103. The fourth-order valence-electron chi connectivity index (χ4n) is 3.74. The lowest BCUT2D eigenvalue weighted by Crippen LogP contribution is -2.21. The molecule has 0 fully saturated rings. The van der Waals surface area contributed by atoms with Crippen LogP contribution in [-0.2, 0) is 0 Å². The largest absolute Gasteiger partial charge is 0.497 e. The number of carbonyl (C=O) groups is 1. The summed E-state index contributed by atoms with van der Waals surface area (Å²) >= 11 is 0. The van der Waals surface area contributed by atoms with E-state index in [1.54, 1.807) is 38.3 Å². The van der Waals surface area contributed by atoms with Gasteiger partial charge >= 0.3 is 0 Å². The molecule has 1 amide bonds. The SMILES string of the molecule is COc1cccc(-c2c(C(=O)NN=C(C)c3ccc(-c4ccccc4)cc3)nnn2-c2nonc2N)c1. The van der Waals surface area contributed by atoms with Crippen LogP contribution < -0.4 is 15.9 Å². The summed E-state index contributed by atoms with van der Waals surface area (Å²) in [6, 6.07) is 25.0. The lowest BCUT2D eigenvalue weighted by atomic mass is 10.0. The van der Waals surface area contributed by atoms with E-state index in [2.05, 4.69) is 31.2 Å². The summed E-state index contributed by atoms with van der Waals surface area (Å²) in [7, 11) is 1.55. The maximum atomic E-state index is 13.2. The summed E-state index contributed by atoms with van der Waals surface area (Å²) in [5.41, 5.74) is 13.0. The van der Waals surface area contributed by atoms with Crippen LogP contribution in [-0.4, -0.2) is 44.0 Å². The average Bonchev–Trinajstić information content (AvgIpc) is 3.58. The van der Waals surface area contributed by atoms with Crippen molar-refractivity contribution in [3.05, 3.63) is 90.1 Å². The van der Waals surface area contributed by atoms with Crippen LogP contribution in [0.3, 0.4) is 0 Å². The second-order valence-electron chi connectivity index (χ2n) is 7.99. The summed E-state index contributed by atoms with van der Waals surface area (Å²) in [4.78, 5) is 13.2. The quantitative estimate of drug-likeness (QED) is 0.257. The summed E-state index contributed by atoms with van der Waals surface area (Å²) in [6.45, 7) is 1.80. The molecule has 0 saturated heterocycles. The number of nitrogens with two attached hydrogens (primary N) is 1. The van der Waals surface area contributed by atoms with E-state index in [1.807, 2.05) is 54.6 Å². The Morgan fingerprint density at radius 1 is 0.973 bits per heavy atom. The van der Waals surface area contributed by atoms with Crippen LogP contribution in [0.4, 0.5) is 5.82 Å². The third-order valence-electron chi connectivity index (χ3n) is 5.66. The number of hydrogen-bond donors (Lipinski definition) is 2. The van der Waals surface area contributed by atoms with Crippen molar-refractivity contribution < 1.29 is 14.2 Å². The van der Waals surface area contributed by atoms with E-state index in [9.17, 15) is 4.79 Å². The van der Waals surface area contributed by atoms with Gasteiger partial charge in [0.2, 0.25) is 11.6 Å². The molecule has 5 rings (SSSR count). The number of methoxy groups -OCH3 is 1. The molecular weight excluding hydrogens is 472 g/mol. The number of anilines is 1. The van der Waals surface area contributed by atoms with Crippen LogP contribution in [0.25, 0.3) is 28.2 Å². The molecule has 184 valence electrons. The van der Waals surface area contributed by atoms with Crippen molar-refractivity contribution in [2.24, 2.45) is 5.10 Å². The molecule has 0 spiro atoms. The molecule has 37 heavy (non-hydrogen) atoms. The van der Waals surface area contributed by atoms with Crippen LogP contribution in [0.1, 0.15) is 23.0 Å². The van der Waals surface area contributed by atoms with E-state index >= 15 is 0 Å². The zero-order chi connectivity index (χ0) is 25.8. The van der Waals surface area contributed by atoms with E-state index in [0.29, 0.717) is 22.7 Å². The maximum Gasteiger partial charge on any atom is 0.294 e. The number of carbonyl (C=O) groups excluding carboxylic acids is 1. The molecule has 0 aliphatic heterocycles. The minimum atomic E-state index is -0.570. The molecule has 0 aliphatic carbocycles. The van der Waals surface area contributed by atoms with Crippen molar-refractivity contribution in [1.82, 2.24) is 30.7 Å². The van der Waals surface area contributed by atoms with Gasteiger partial charge in [0.05, 0.1) is 12.8 Å². The van der Waals surface area contributed by atoms with Gasteiger partial charge in [-0.25, -0.2) is 10.1 Å². The van der Waals surface area contributed by atoms with Crippen molar-refractivity contribution in [3.63, 3.8) is 0 Å². The standard InChI is InChI=1S/C26H22N8O3/c1-16(17-11-13-19(14-12-17)18-7-4-3-5-8-18)28-30-26(35)22-23(20-9-6-10-21(15-20)36-2)34(33-29-22)25-24(27)31-37-32-25/h3-15H,1-2H3,(H2,27,31)(H,30,35). The first-order valence-corrected chi connectivity index (χ1v) is 11.2. The highest BCUT2D eigenvalue weighted by atomic mass is 16.6. The molecule has 0 atom stereocenters. The molecule has 0 unspecified atom stereocenters. The number of nitrogen functional groups attached to an aromatic ring is 1. The predicted molar refractivity (Wildman–Crippen MR) is 137 cm³/mol. The second-order valence-corrected chi connectivity index (χ2v) is 7.99. The van der Waals surface area contributed by atoms with Crippen molar-refractivity contribution in [3.8, 4) is 34.0 Å². The molecule has 5 aromatic rings. The van der Waals surface area contributed by atoms with E-state index in [0.717, 1.165) is 16.7 Å². The third-order valence-corrected chi connectivity index (χ3v) is 5.66. The van der Waals surface area contributed by atoms with Crippen LogP contribution in [0.2, 0.25) is 0 Å². The van der Waals surface area contributed by atoms with Gasteiger partial charge in [0.15, 0.2) is 5.69 Å². The predicted octanol–water partition coefficient (Wildman–Crippen LogP) is 3.73. The summed E-state index contributed by atoms with van der Waals surface area (Å²) in [5, 5.41) is 19.8. The summed E-state index contributed by atoms with van der Waals surface area (Å²) < 4.78 is 11.3. The van der Waals surface area contributed by atoms with Gasteiger partial charge in [-0.15, -0.1) is 5.10 Å². The highest BCUT2D eigenvalue weighted by Crippen LogP contribution is 2.29. The number of amides is 1. The number of nitrogens with zero attached hydrogens (tertiary/aromatic N) is 6. The molecule has 11 heteroatoms. The minimum Gasteiger partial charge on any atom is -0.497 e. The van der Waals surface area contributed by atoms with Crippen molar-refractivity contribution in [2.45, 2.75) is 6.92 Å². The number of aromatic nitrogens is 5. The lowest BCUT2D eigenvalue weighted by molar-refractivity contribution is 0.0950. The van der Waals surface area contributed by atoms with Gasteiger partial charge < -0.3 is 10.5 Å². The van der Waals surface area contributed by atoms with Gasteiger partial charge in [0, 0.05) is 5.56 Å². The number of rotatable bonds is 7. The van der Waals surface area contributed by atoms with Gasteiger partial charge in [-0.05, 0) is 46.1 Å². The van der Waals surface area contributed by atoms with Crippen molar-refractivity contribution in [1.29, 1.82) is 0 Å². The Balaban J connectivity index is 1.43. The molecule has 3 aromatic carbocycles. The first-order chi connectivity index (χ1) is 18.0. The monoisotopic (exact) mass is 494 g/mol. The van der Waals surface area contributed by atoms with Crippen LogP contribution in [0.15, 0.2) is 88.6 Å². The van der Waals surface area contributed by atoms with Crippen molar-refractivity contribution in [2.75, 3.05) is 12.8 Å². The van der Waals surface area contributed by atoms with Gasteiger partial charge in [-0.2, -0.15) is 9.78 Å². The molecule has 0 bridgehead atoms. The van der Waals surface area contributed by atoms with Crippen LogP contribution in [0, 0.1) is 0 Å². The Labute approximate surface area is 211 Å².